The van der Waals surface area contributed by atoms with E-state index in [4.69, 9.17) is 0 Å². The number of hydrogen-bond donors (Lipinski definition) is 2. The van der Waals surface area contributed by atoms with Crippen LogP contribution in [0, 0.1) is 0 Å². The van der Waals surface area contributed by atoms with Crippen LogP contribution in [0.4, 0.5) is 0 Å². The van der Waals surface area contributed by atoms with Gasteiger partial charge in [-0.2, -0.15) is 0 Å². The Labute approximate surface area is 141 Å². The molecule has 1 aliphatic heterocycles. The van der Waals surface area contributed by atoms with Crippen LogP contribution < -0.4 is 10.9 Å². The summed E-state index contributed by atoms with van der Waals surface area (Å²) in [4.78, 5) is 26.3. The number of likely N-dealkylation sites (tertiary alicyclic amines) is 1. The maximum absolute atomic E-state index is 12.2. The van der Waals surface area contributed by atoms with Crippen LogP contribution in [0.5, 0.6) is 0 Å². The molecule has 6 heteroatoms. The van der Waals surface area contributed by atoms with Crippen LogP contribution in [-0.4, -0.2) is 34.4 Å². The smallest absolute Gasteiger partial charge is 0.269 e. The maximum Gasteiger partial charge on any atom is 0.269 e. The van der Waals surface area contributed by atoms with Crippen molar-refractivity contribution in [1.82, 2.24) is 20.3 Å². The molecule has 2 N–H and O–H groups in total. The molecule has 1 atom stereocenters. The molecule has 3 rings (SSSR count). The quantitative estimate of drug-likeness (QED) is 0.839. The molecule has 1 aromatic carbocycles. The lowest BCUT2D eigenvalue weighted by atomic mass is 10.1. The summed E-state index contributed by atoms with van der Waals surface area (Å²) in [5.74, 6) is -0.523. The number of aromatic nitrogens is 1. The molecule has 2 heterocycles. The van der Waals surface area contributed by atoms with Gasteiger partial charge < -0.3 is 4.57 Å². The van der Waals surface area contributed by atoms with Crippen molar-refractivity contribution in [2.75, 3.05) is 13.1 Å². The summed E-state index contributed by atoms with van der Waals surface area (Å²) < 4.78 is 2.10. The van der Waals surface area contributed by atoms with E-state index < -0.39 is 0 Å². The van der Waals surface area contributed by atoms with Crippen LogP contribution in [0.1, 0.15) is 34.9 Å². The van der Waals surface area contributed by atoms with Crippen molar-refractivity contribution in [3.8, 4) is 0 Å². The second-order valence-electron chi connectivity index (χ2n) is 6.04. The van der Waals surface area contributed by atoms with Crippen molar-refractivity contribution in [3.63, 3.8) is 0 Å². The average Bonchev–Trinajstić information content (AvgIpc) is 3.22. The van der Waals surface area contributed by atoms with E-state index in [1.165, 1.54) is 5.69 Å². The number of carbonyl (C=O) groups is 2. The van der Waals surface area contributed by atoms with Gasteiger partial charge in [-0.1, -0.05) is 18.2 Å². The molecule has 1 aliphatic rings. The molecule has 0 bridgehead atoms. The maximum atomic E-state index is 12.2. The Hall–Kier alpha value is -2.60. The molecular formula is C18H22N4O2. The van der Waals surface area contributed by atoms with Crippen molar-refractivity contribution in [3.05, 3.63) is 59.9 Å². The molecule has 2 amide bonds. The Morgan fingerprint density at radius 2 is 1.92 bits per heavy atom. The number of benzene rings is 1. The normalized spacial score (nSPS) is 17.6. The zero-order valence-corrected chi connectivity index (χ0v) is 13.7. The molecule has 0 radical (unpaired) electrons. The fourth-order valence-corrected chi connectivity index (χ4v) is 3.18. The Kier molecular flexibility index (Phi) is 4.96. The molecule has 1 fully saturated rings. The van der Waals surface area contributed by atoms with Crippen LogP contribution in [0.3, 0.4) is 0 Å². The summed E-state index contributed by atoms with van der Waals surface area (Å²) in [5.41, 5.74) is 6.70. The monoisotopic (exact) mass is 326 g/mol. The van der Waals surface area contributed by atoms with E-state index in [1.807, 2.05) is 25.4 Å². The third-order valence-electron chi connectivity index (χ3n) is 4.39. The van der Waals surface area contributed by atoms with Crippen molar-refractivity contribution < 1.29 is 9.59 Å². The highest BCUT2D eigenvalue weighted by Crippen LogP contribution is 2.31. The summed E-state index contributed by atoms with van der Waals surface area (Å²) in [5, 5.41) is 0. The zero-order chi connectivity index (χ0) is 16.9. The van der Waals surface area contributed by atoms with E-state index in [-0.39, 0.29) is 24.4 Å². The SMILES string of the molecule is Cn1cccc1[C@H]1CCCN1CC(=O)NNC(=O)c1ccccc1. The third kappa shape index (κ3) is 3.65. The van der Waals surface area contributed by atoms with Gasteiger partial charge in [0.1, 0.15) is 0 Å². The first-order chi connectivity index (χ1) is 11.6. The highest BCUT2D eigenvalue weighted by Gasteiger charge is 2.28. The number of nitrogens with zero attached hydrogens (tertiary/aromatic N) is 2. The van der Waals surface area contributed by atoms with E-state index >= 15 is 0 Å². The van der Waals surface area contributed by atoms with Gasteiger partial charge in [0, 0.05) is 24.5 Å². The average molecular weight is 326 g/mol. The molecule has 1 saturated heterocycles. The first-order valence-corrected chi connectivity index (χ1v) is 8.14. The van der Waals surface area contributed by atoms with Crippen LogP contribution in [-0.2, 0) is 11.8 Å². The minimum atomic E-state index is -0.315. The molecule has 126 valence electrons. The first kappa shape index (κ1) is 16.3. The van der Waals surface area contributed by atoms with Gasteiger partial charge in [-0.15, -0.1) is 0 Å². The topological polar surface area (TPSA) is 66.4 Å². The summed E-state index contributed by atoms with van der Waals surface area (Å²) >= 11 is 0. The molecule has 0 spiro atoms. The van der Waals surface area contributed by atoms with Gasteiger partial charge >= 0.3 is 0 Å². The van der Waals surface area contributed by atoms with Crippen LogP contribution >= 0.6 is 0 Å². The van der Waals surface area contributed by atoms with E-state index in [9.17, 15) is 9.59 Å². The predicted octanol–water partition coefficient (Wildman–Crippen LogP) is 1.62. The van der Waals surface area contributed by atoms with Crippen LogP contribution in [0.2, 0.25) is 0 Å². The van der Waals surface area contributed by atoms with E-state index in [0.29, 0.717) is 5.56 Å². The van der Waals surface area contributed by atoms with Crippen molar-refractivity contribution in [2.45, 2.75) is 18.9 Å². The number of rotatable bonds is 4. The van der Waals surface area contributed by atoms with E-state index in [0.717, 1.165) is 19.4 Å². The molecule has 2 aromatic rings. The molecule has 0 unspecified atom stereocenters. The number of nitrogens with one attached hydrogen (secondary N) is 2. The molecule has 24 heavy (non-hydrogen) atoms. The van der Waals surface area contributed by atoms with Gasteiger partial charge in [-0.05, 0) is 43.7 Å². The lowest BCUT2D eigenvalue weighted by Crippen LogP contribution is -2.46. The van der Waals surface area contributed by atoms with Gasteiger partial charge in [-0.3, -0.25) is 25.3 Å². The standard InChI is InChI=1S/C18H22N4O2/c1-21-11-5-9-15(21)16-10-6-12-22(16)13-17(23)19-20-18(24)14-7-3-2-4-8-14/h2-5,7-9,11,16H,6,10,12-13H2,1H3,(H,19,23)(H,20,24)/t16-/m1/s1. The fraction of sp³-hybridized carbons (Fsp3) is 0.333. The minimum Gasteiger partial charge on any atom is -0.353 e. The summed E-state index contributed by atoms with van der Waals surface area (Å²) in [6.07, 6.45) is 4.13. The Morgan fingerprint density at radius 3 is 2.62 bits per heavy atom. The van der Waals surface area contributed by atoms with Crippen molar-refractivity contribution >= 4 is 11.8 Å². The number of carbonyl (C=O) groups excluding carboxylic acids is 2. The lowest BCUT2D eigenvalue weighted by molar-refractivity contribution is -0.123. The molecule has 1 aromatic heterocycles. The molecule has 6 nitrogen and oxygen atoms in total. The summed E-state index contributed by atoms with van der Waals surface area (Å²) in [7, 11) is 2.02. The number of hydrazine groups is 1. The Bertz CT molecular complexity index is 711. The second kappa shape index (κ2) is 7.31. The van der Waals surface area contributed by atoms with Crippen LogP contribution in [0.25, 0.3) is 0 Å². The number of amides is 2. The van der Waals surface area contributed by atoms with E-state index in [2.05, 4.69) is 26.4 Å². The van der Waals surface area contributed by atoms with E-state index in [1.54, 1.807) is 24.3 Å². The van der Waals surface area contributed by atoms with Crippen molar-refractivity contribution in [2.24, 2.45) is 7.05 Å². The lowest BCUT2D eigenvalue weighted by Gasteiger charge is -2.24. The highest BCUT2D eigenvalue weighted by atomic mass is 16.2. The first-order valence-electron chi connectivity index (χ1n) is 8.14. The summed E-state index contributed by atoms with van der Waals surface area (Å²) in [6.45, 7) is 1.15. The Balaban J connectivity index is 1.53. The summed E-state index contributed by atoms with van der Waals surface area (Å²) in [6, 6.07) is 13.2. The molecule has 0 aliphatic carbocycles. The van der Waals surface area contributed by atoms with Gasteiger partial charge in [-0.25, -0.2) is 0 Å². The molecular weight excluding hydrogens is 304 g/mol. The predicted molar refractivity (Wildman–Crippen MR) is 91.0 cm³/mol. The minimum absolute atomic E-state index is 0.208. The van der Waals surface area contributed by atoms with Crippen molar-refractivity contribution in [1.29, 1.82) is 0 Å². The Morgan fingerprint density at radius 1 is 1.12 bits per heavy atom. The molecule has 0 saturated carbocycles. The zero-order valence-electron chi connectivity index (χ0n) is 13.7. The van der Waals surface area contributed by atoms with Gasteiger partial charge in [0.2, 0.25) is 0 Å². The third-order valence-corrected chi connectivity index (χ3v) is 4.39. The number of hydrogen-bond acceptors (Lipinski definition) is 3. The van der Waals surface area contributed by atoms with Gasteiger partial charge in [0.15, 0.2) is 0 Å². The van der Waals surface area contributed by atoms with Gasteiger partial charge in [0.25, 0.3) is 11.8 Å². The largest absolute Gasteiger partial charge is 0.353 e. The fourth-order valence-electron chi connectivity index (χ4n) is 3.18. The highest BCUT2D eigenvalue weighted by molar-refractivity contribution is 5.95. The van der Waals surface area contributed by atoms with Gasteiger partial charge in [0.05, 0.1) is 12.6 Å². The number of aryl methyl sites for hydroxylation is 1. The second-order valence-corrected chi connectivity index (χ2v) is 6.04. The van der Waals surface area contributed by atoms with Crippen LogP contribution in [0.15, 0.2) is 48.7 Å².